The summed E-state index contributed by atoms with van der Waals surface area (Å²) in [6.45, 7) is 1.30. The largest absolute Gasteiger partial charge is 0.480 e. The fourth-order valence-corrected chi connectivity index (χ4v) is 1.16. The minimum atomic E-state index is -1.21. The average Bonchev–Trinajstić information content (AvgIpc) is 2.72. The monoisotopic (exact) mass is 258 g/mol. The lowest BCUT2D eigenvalue weighted by atomic mass is 10.2. The molecule has 0 bridgehead atoms. The van der Waals surface area contributed by atoms with Gasteiger partial charge in [0.2, 0.25) is 5.89 Å². The van der Waals surface area contributed by atoms with Crippen LogP contribution in [0.1, 0.15) is 18.1 Å². The number of carboxylic acid groups (broad SMARTS) is 1. The number of aryl methyl sites for hydroxylation is 1. The van der Waals surface area contributed by atoms with Crippen LogP contribution in [0.4, 0.5) is 4.79 Å². The molecule has 9 nitrogen and oxygen atoms in total. The number of amides is 2. The number of hydrogen-bond donors (Lipinski definition) is 4. The van der Waals surface area contributed by atoms with Crippen molar-refractivity contribution in [3.63, 3.8) is 0 Å². The van der Waals surface area contributed by atoms with Gasteiger partial charge in [0.15, 0.2) is 5.82 Å². The Balaban J connectivity index is 2.38. The Bertz CT molecular complexity index is 419. The van der Waals surface area contributed by atoms with Gasteiger partial charge in [-0.3, -0.25) is 0 Å². The van der Waals surface area contributed by atoms with Crippen LogP contribution in [0, 0.1) is 6.92 Å². The summed E-state index contributed by atoms with van der Waals surface area (Å²) in [5.41, 5.74) is 0. The van der Waals surface area contributed by atoms with Gasteiger partial charge in [-0.05, 0) is 6.92 Å². The molecule has 18 heavy (non-hydrogen) atoms. The molecule has 1 rings (SSSR count). The van der Waals surface area contributed by atoms with Crippen LogP contribution >= 0.6 is 0 Å². The van der Waals surface area contributed by atoms with E-state index in [2.05, 4.69) is 20.8 Å². The van der Waals surface area contributed by atoms with Crippen molar-refractivity contribution in [3.05, 3.63) is 11.7 Å². The first-order valence-corrected chi connectivity index (χ1v) is 5.20. The molecule has 1 atom stereocenters. The molecule has 9 heteroatoms. The highest BCUT2D eigenvalue weighted by atomic mass is 16.5. The molecule has 0 aromatic carbocycles. The lowest BCUT2D eigenvalue weighted by molar-refractivity contribution is -0.139. The third-order valence-electron chi connectivity index (χ3n) is 1.99. The summed E-state index contributed by atoms with van der Waals surface area (Å²) in [7, 11) is 0. The molecule has 0 aliphatic rings. The Kier molecular flexibility index (Phi) is 5.06. The zero-order chi connectivity index (χ0) is 13.5. The number of carboxylic acids is 1. The van der Waals surface area contributed by atoms with Crippen molar-refractivity contribution >= 4 is 12.0 Å². The maximum Gasteiger partial charge on any atom is 0.326 e. The summed E-state index contributed by atoms with van der Waals surface area (Å²) in [6.07, 6.45) is -0.0670. The summed E-state index contributed by atoms with van der Waals surface area (Å²) >= 11 is 0. The molecule has 4 N–H and O–H groups in total. The molecule has 0 fully saturated rings. The quantitative estimate of drug-likeness (QED) is 0.514. The average molecular weight is 258 g/mol. The van der Waals surface area contributed by atoms with Gasteiger partial charge in [0.05, 0.1) is 6.54 Å². The van der Waals surface area contributed by atoms with Gasteiger partial charge in [-0.25, -0.2) is 9.59 Å². The molecular weight excluding hydrogens is 244 g/mol. The van der Waals surface area contributed by atoms with E-state index in [9.17, 15) is 9.59 Å². The summed E-state index contributed by atoms with van der Waals surface area (Å²) in [5.74, 6) is -0.555. The first kappa shape index (κ1) is 13.9. The first-order chi connectivity index (χ1) is 8.52. The smallest absolute Gasteiger partial charge is 0.326 e. The van der Waals surface area contributed by atoms with Crippen molar-refractivity contribution in [1.82, 2.24) is 20.8 Å². The van der Waals surface area contributed by atoms with Crippen LogP contribution in [-0.2, 0) is 11.3 Å². The van der Waals surface area contributed by atoms with E-state index in [0.29, 0.717) is 5.82 Å². The van der Waals surface area contributed by atoms with Crippen LogP contribution in [0.5, 0.6) is 0 Å². The van der Waals surface area contributed by atoms with Gasteiger partial charge in [-0.15, -0.1) is 0 Å². The van der Waals surface area contributed by atoms with Crippen molar-refractivity contribution in [1.29, 1.82) is 0 Å². The maximum absolute atomic E-state index is 11.4. The predicted octanol–water partition coefficient (Wildman–Crippen LogP) is -0.987. The van der Waals surface area contributed by atoms with E-state index in [1.807, 2.05) is 0 Å². The molecule has 0 aliphatic carbocycles. The highest BCUT2D eigenvalue weighted by Gasteiger charge is 2.19. The molecule has 0 saturated carbocycles. The highest BCUT2D eigenvalue weighted by Crippen LogP contribution is 1.95. The number of aromatic nitrogens is 2. The van der Waals surface area contributed by atoms with Gasteiger partial charge >= 0.3 is 12.0 Å². The summed E-state index contributed by atoms with van der Waals surface area (Å²) in [4.78, 5) is 25.9. The molecule has 0 radical (unpaired) electrons. The molecule has 0 saturated heterocycles. The number of rotatable bonds is 6. The van der Waals surface area contributed by atoms with Crippen molar-refractivity contribution in [2.75, 3.05) is 6.61 Å². The van der Waals surface area contributed by atoms with Gasteiger partial charge in [-0.1, -0.05) is 5.16 Å². The Morgan fingerprint density at radius 2 is 2.22 bits per heavy atom. The SMILES string of the molecule is Cc1noc(CNC(=O)N[C@H](CCO)C(=O)O)n1. The molecule has 1 aromatic rings. The zero-order valence-electron chi connectivity index (χ0n) is 9.71. The Labute approximate surface area is 102 Å². The number of hydrogen-bond acceptors (Lipinski definition) is 6. The molecule has 0 unspecified atom stereocenters. The standard InChI is InChI=1S/C9H14N4O5/c1-5-11-7(18-13-5)4-10-9(17)12-6(2-3-14)8(15)16/h6,14H,2-4H2,1H3,(H,15,16)(H2,10,12,17)/t6-/m1/s1. The van der Waals surface area contributed by atoms with Crippen LogP contribution in [0.15, 0.2) is 4.52 Å². The number of aliphatic hydroxyl groups excluding tert-OH is 1. The number of urea groups is 1. The predicted molar refractivity (Wildman–Crippen MR) is 57.5 cm³/mol. The second kappa shape index (κ2) is 6.55. The van der Waals surface area contributed by atoms with Gasteiger partial charge < -0.3 is 25.4 Å². The normalized spacial score (nSPS) is 11.9. The summed E-state index contributed by atoms with van der Waals surface area (Å²) in [5, 5.41) is 25.5. The third kappa shape index (κ3) is 4.37. The maximum atomic E-state index is 11.4. The molecule has 1 aromatic heterocycles. The molecule has 0 aliphatic heterocycles. The lowest BCUT2D eigenvalue weighted by Crippen LogP contribution is -2.46. The van der Waals surface area contributed by atoms with E-state index < -0.39 is 18.0 Å². The van der Waals surface area contributed by atoms with E-state index in [4.69, 9.17) is 14.7 Å². The highest BCUT2D eigenvalue weighted by molar-refractivity contribution is 5.82. The van der Waals surface area contributed by atoms with E-state index in [1.54, 1.807) is 6.92 Å². The van der Waals surface area contributed by atoms with Crippen LogP contribution in [-0.4, -0.2) is 45.0 Å². The van der Waals surface area contributed by atoms with Gasteiger partial charge in [0, 0.05) is 13.0 Å². The minimum Gasteiger partial charge on any atom is -0.480 e. The first-order valence-electron chi connectivity index (χ1n) is 5.20. The molecule has 1 heterocycles. The Hall–Kier alpha value is -2.16. The van der Waals surface area contributed by atoms with Crippen molar-refractivity contribution in [3.8, 4) is 0 Å². The van der Waals surface area contributed by atoms with Crippen molar-refractivity contribution in [2.45, 2.75) is 25.9 Å². The Morgan fingerprint density at radius 1 is 1.50 bits per heavy atom. The van der Waals surface area contributed by atoms with Gasteiger partial charge in [0.25, 0.3) is 0 Å². The van der Waals surface area contributed by atoms with E-state index in [-0.39, 0.29) is 25.5 Å². The molecule has 0 spiro atoms. The molecule has 2 amide bonds. The number of nitrogens with zero attached hydrogens (tertiary/aromatic N) is 2. The van der Waals surface area contributed by atoms with Crippen LogP contribution in [0.2, 0.25) is 0 Å². The third-order valence-corrected chi connectivity index (χ3v) is 1.99. The fraction of sp³-hybridized carbons (Fsp3) is 0.556. The summed E-state index contributed by atoms with van der Waals surface area (Å²) in [6, 6.07) is -1.83. The molecule has 100 valence electrons. The van der Waals surface area contributed by atoms with E-state index in [1.165, 1.54) is 0 Å². The van der Waals surface area contributed by atoms with E-state index >= 15 is 0 Å². The van der Waals surface area contributed by atoms with Crippen molar-refractivity contribution < 1.29 is 24.3 Å². The second-order valence-corrected chi connectivity index (χ2v) is 3.47. The fourth-order valence-electron chi connectivity index (χ4n) is 1.16. The van der Waals surface area contributed by atoms with Gasteiger partial charge in [0.1, 0.15) is 6.04 Å². The van der Waals surface area contributed by atoms with Crippen LogP contribution in [0.25, 0.3) is 0 Å². The topological polar surface area (TPSA) is 138 Å². The summed E-state index contributed by atoms with van der Waals surface area (Å²) < 4.78 is 4.75. The Morgan fingerprint density at radius 3 is 2.72 bits per heavy atom. The van der Waals surface area contributed by atoms with Crippen LogP contribution < -0.4 is 10.6 Å². The number of carbonyl (C=O) groups excluding carboxylic acids is 1. The molecular formula is C9H14N4O5. The van der Waals surface area contributed by atoms with Gasteiger partial charge in [-0.2, -0.15) is 4.98 Å². The number of aliphatic carboxylic acids is 1. The van der Waals surface area contributed by atoms with Crippen LogP contribution in [0.3, 0.4) is 0 Å². The lowest BCUT2D eigenvalue weighted by Gasteiger charge is -2.13. The number of aliphatic hydroxyl groups is 1. The zero-order valence-corrected chi connectivity index (χ0v) is 9.71. The van der Waals surface area contributed by atoms with E-state index in [0.717, 1.165) is 0 Å². The second-order valence-electron chi connectivity index (χ2n) is 3.47. The number of carbonyl (C=O) groups is 2. The van der Waals surface area contributed by atoms with Crippen molar-refractivity contribution in [2.24, 2.45) is 0 Å². The minimum absolute atomic E-state index is 0.00185. The number of nitrogens with one attached hydrogen (secondary N) is 2.